The highest BCUT2D eigenvalue weighted by molar-refractivity contribution is 6.05. The Balaban J connectivity index is 1.76. The van der Waals surface area contributed by atoms with Crippen LogP contribution in [0.3, 0.4) is 0 Å². The maximum Gasteiger partial charge on any atom is 0.280 e. The number of nitrogens with two attached hydrogens (primary N) is 1. The summed E-state index contributed by atoms with van der Waals surface area (Å²) in [6.45, 7) is 2.45. The van der Waals surface area contributed by atoms with Crippen molar-refractivity contribution in [2.75, 3.05) is 25.3 Å². The van der Waals surface area contributed by atoms with E-state index in [9.17, 15) is 4.79 Å². The number of methoxy groups -OCH3 is 2. The standard InChI is InChI=1S/C19H21N5O3/c1-12-4-6-13(7-5-12)11-24-18(20)17(22-23-24)19(25)21-14-8-9-15(26-2)16(10-14)27-3/h4-10H,11,20H2,1-3H3,(H,21,25). The van der Waals surface area contributed by atoms with E-state index < -0.39 is 5.91 Å². The SMILES string of the molecule is COc1ccc(NC(=O)c2nnn(Cc3ccc(C)cc3)c2N)cc1OC. The second kappa shape index (κ2) is 7.77. The molecule has 0 atom stereocenters. The van der Waals surface area contributed by atoms with E-state index in [1.165, 1.54) is 17.4 Å². The van der Waals surface area contributed by atoms with Gasteiger partial charge in [-0.15, -0.1) is 5.10 Å². The van der Waals surface area contributed by atoms with Crippen LogP contribution in [0.2, 0.25) is 0 Å². The fourth-order valence-corrected chi connectivity index (χ4v) is 2.57. The largest absolute Gasteiger partial charge is 0.493 e. The molecule has 1 amide bonds. The van der Waals surface area contributed by atoms with Gasteiger partial charge in [0.05, 0.1) is 20.8 Å². The average molecular weight is 367 g/mol. The van der Waals surface area contributed by atoms with Crippen molar-refractivity contribution in [3.63, 3.8) is 0 Å². The third-order valence-corrected chi connectivity index (χ3v) is 4.08. The highest BCUT2D eigenvalue weighted by Crippen LogP contribution is 2.30. The van der Waals surface area contributed by atoms with Crippen LogP contribution in [0.15, 0.2) is 42.5 Å². The number of benzene rings is 2. The molecule has 27 heavy (non-hydrogen) atoms. The number of nitrogen functional groups attached to an aromatic ring is 1. The normalized spacial score (nSPS) is 10.5. The van der Waals surface area contributed by atoms with Crippen LogP contribution < -0.4 is 20.5 Å². The number of hydrogen-bond donors (Lipinski definition) is 2. The molecule has 8 nitrogen and oxygen atoms in total. The number of hydrogen-bond acceptors (Lipinski definition) is 6. The molecular weight excluding hydrogens is 346 g/mol. The zero-order valence-corrected chi connectivity index (χ0v) is 15.4. The summed E-state index contributed by atoms with van der Waals surface area (Å²) in [5, 5.41) is 10.7. The van der Waals surface area contributed by atoms with E-state index in [0.717, 1.165) is 5.56 Å². The molecular formula is C19H21N5O3. The first-order valence-electron chi connectivity index (χ1n) is 8.29. The lowest BCUT2D eigenvalue weighted by Crippen LogP contribution is -2.15. The number of anilines is 2. The van der Waals surface area contributed by atoms with Gasteiger partial charge in [-0.1, -0.05) is 35.0 Å². The van der Waals surface area contributed by atoms with Gasteiger partial charge in [-0.25, -0.2) is 4.68 Å². The second-order valence-electron chi connectivity index (χ2n) is 5.99. The van der Waals surface area contributed by atoms with E-state index in [4.69, 9.17) is 15.2 Å². The van der Waals surface area contributed by atoms with Crippen molar-refractivity contribution in [2.45, 2.75) is 13.5 Å². The van der Waals surface area contributed by atoms with Crippen LogP contribution in [0.25, 0.3) is 0 Å². The molecule has 140 valence electrons. The van der Waals surface area contributed by atoms with Gasteiger partial charge in [0.2, 0.25) is 0 Å². The molecule has 1 aromatic heterocycles. The molecule has 0 fully saturated rings. The molecule has 8 heteroatoms. The Morgan fingerprint density at radius 3 is 2.48 bits per heavy atom. The monoisotopic (exact) mass is 367 g/mol. The lowest BCUT2D eigenvalue weighted by atomic mass is 10.1. The van der Waals surface area contributed by atoms with Crippen molar-refractivity contribution in [3.8, 4) is 11.5 Å². The molecule has 0 aliphatic heterocycles. The summed E-state index contributed by atoms with van der Waals surface area (Å²) in [6, 6.07) is 13.0. The molecule has 3 N–H and O–H groups in total. The van der Waals surface area contributed by atoms with Crippen molar-refractivity contribution in [3.05, 3.63) is 59.3 Å². The van der Waals surface area contributed by atoms with Crippen LogP contribution in [0.4, 0.5) is 11.5 Å². The molecule has 0 aliphatic rings. The van der Waals surface area contributed by atoms with Crippen molar-refractivity contribution >= 4 is 17.4 Å². The van der Waals surface area contributed by atoms with Gasteiger partial charge in [0.1, 0.15) is 0 Å². The predicted octanol–water partition coefficient (Wildman–Crippen LogP) is 2.49. The van der Waals surface area contributed by atoms with E-state index in [1.807, 2.05) is 31.2 Å². The summed E-state index contributed by atoms with van der Waals surface area (Å²) < 4.78 is 11.9. The van der Waals surface area contributed by atoms with Crippen LogP contribution in [0.1, 0.15) is 21.6 Å². The summed E-state index contributed by atoms with van der Waals surface area (Å²) in [4.78, 5) is 12.5. The predicted molar refractivity (Wildman–Crippen MR) is 102 cm³/mol. The highest BCUT2D eigenvalue weighted by atomic mass is 16.5. The number of aryl methyl sites for hydroxylation is 1. The number of carbonyl (C=O) groups excluding carboxylic acids is 1. The summed E-state index contributed by atoms with van der Waals surface area (Å²) in [5.41, 5.74) is 8.85. The van der Waals surface area contributed by atoms with Crippen LogP contribution in [0.5, 0.6) is 11.5 Å². The zero-order valence-electron chi connectivity index (χ0n) is 15.4. The molecule has 0 radical (unpaired) electrons. The number of nitrogens with zero attached hydrogens (tertiary/aromatic N) is 3. The van der Waals surface area contributed by atoms with Gasteiger partial charge in [0.15, 0.2) is 23.0 Å². The van der Waals surface area contributed by atoms with Crippen LogP contribution in [-0.2, 0) is 6.54 Å². The first-order chi connectivity index (χ1) is 13.0. The lowest BCUT2D eigenvalue weighted by Gasteiger charge is -2.10. The highest BCUT2D eigenvalue weighted by Gasteiger charge is 2.18. The number of rotatable bonds is 6. The van der Waals surface area contributed by atoms with Crippen molar-refractivity contribution in [1.29, 1.82) is 0 Å². The Bertz CT molecular complexity index is 950. The van der Waals surface area contributed by atoms with Gasteiger partial charge < -0.3 is 20.5 Å². The molecule has 3 rings (SSSR count). The minimum atomic E-state index is -0.449. The van der Waals surface area contributed by atoms with Gasteiger partial charge in [0, 0.05) is 11.8 Å². The molecule has 1 heterocycles. The molecule has 0 aliphatic carbocycles. The Morgan fingerprint density at radius 1 is 1.11 bits per heavy atom. The minimum Gasteiger partial charge on any atom is -0.493 e. The van der Waals surface area contributed by atoms with Crippen LogP contribution in [-0.4, -0.2) is 35.1 Å². The molecule has 3 aromatic rings. The Hall–Kier alpha value is -3.55. The van der Waals surface area contributed by atoms with Gasteiger partial charge >= 0.3 is 0 Å². The Kier molecular flexibility index (Phi) is 5.25. The quantitative estimate of drug-likeness (QED) is 0.694. The number of amides is 1. The van der Waals surface area contributed by atoms with Gasteiger partial charge in [-0.2, -0.15) is 0 Å². The maximum atomic E-state index is 12.5. The number of ether oxygens (including phenoxy) is 2. The summed E-state index contributed by atoms with van der Waals surface area (Å²) >= 11 is 0. The molecule has 0 bridgehead atoms. The fourth-order valence-electron chi connectivity index (χ4n) is 2.57. The fraction of sp³-hybridized carbons (Fsp3) is 0.211. The topological polar surface area (TPSA) is 104 Å². The van der Waals surface area contributed by atoms with Gasteiger partial charge in [-0.3, -0.25) is 4.79 Å². The first kappa shape index (κ1) is 18.2. The number of aromatic nitrogens is 3. The molecule has 2 aromatic carbocycles. The average Bonchev–Trinajstić information content (AvgIpc) is 3.04. The lowest BCUT2D eigenvalue weighted by molar-refractivity contribution is 0.102. The number of nitrogens with one attached hydrogen (secondary N) is 1. The van der Waals surface area contributed by atoms with Crippen LogP contribution in [0, 0.1) is 6.92 Å². The second-order valence-corrected chi connectivity index (χ2v) is 5.99. The van der Waals surface area contributed by atoms with Crippen molar-refractivity contribution in [2.24, 2.45) is 0 Å². The van der Waals surface area contributed by atoms with E-state index in [1.54, 1.807) is 25.3 Å². The van der Waals surface area contributed by atoms with E-state index in [-0.39, 0.29) is 11.5 Å². The Labute approximate surface area is 156 Å². The third-order valence-electron chi connectivity index (χ3n) is 4.08. The third kappa shape index (κ3) is 4.00. The summed E-state index contributed by atoms with van der Waals surface area (Å²) in [5.74, 6) is 0.828. The van der Waals surface area contributed by atoms with Gasteiger partial charge in [0.25, 0.3) is 5.91 Å². The van der Waals surface area contributed by atoms with E-state index >= 15 is 0 Å². The van der Waals surface area contributed by atoms with Crippen LogP contribution >= 0.6 is 0 Å². The molecule has 0 unspecified atom stereocenters. The Morgan fingerprint density at radius 2 is 1.81 bits per heavy atom. The van der Waals surface area contributed by atoms with E-state index in [0.29, 0.717) is 23.7 Å². The number of carbonyl (C=O) groups is 1. The molecule has 0 spiro atoms. The maximum absolute atomic E-state index is 12.5. The van der Waals surface area contributed by atoms with Crippen molar-refractivity contribution < 1.29 is 14.3 Å². The molecule has 0 saturated carbocycles. The summed E-state index contributed by atoms with van der Waals surface area (Å²) in [7, 11) is 3.07. The van der Waals surface area contributed by atoms with E-state index in [2.05, 4.69) is 15.6 Å². The molecule has 0 saturated heterocycles. The van der Waals surface area contributed by atoms with Crippen molar-refractivity contribution in [1.82, 2.24) is 15.0 Å². The minimum absolute atomic E-state index is 0.0666. The zero-order chi connectivity index (χ0) is 19.4. The smallest absolute Gasteiger partial charge is 0.280 e. The van der Waals surface area contributed by atoms with Gasteiger partial charge in [-0.05, 0) is 24.6 Å². The first-order valence-corrected chi connectivity index (χ1v) is 8.29. The summed E-state index contributed by atoms with van der Waals surface area (Å²) in [6.07, 6.45) is 0.